The van der Waals surface area contributed by atoms with Crippen molar-refractivity contribution in [2.75, 3.05) is 5.43 Å². The number of nitrogen functional groups attached to an aromatic ring is 1. The zero-order chi connectivity index (χ0) is 12.3. The summed E-state index contributed by atoms with van der Waals surface area (Å²) in [6.07, 6.45) is 6.97. The van der Waals surface area contributed by atoms with E-state index in [-0.39, 0.29) is 0 Å². The standard InChI is InChI=1S/C11H17BrN4S/c1-7-3-2-4-8(5-7)17-10-9(12)6-14-11(15-10)16-13/h6-8H,2-5,13H2,1H3,(H,14,15,16). The van der Waals surface area contributed by atoms with Crippen LogP contribution in [-0.2, 0) is 0 Å². The number of rotatable bonds is 3. The van der Waals surface area contributed by atoms with E-state index in [4.69, 9.17) is 5.84 Å². The molecule has 2 rings (SSSR count). The zero-order valence-corrected chi connectivity index (χ0v) is 12.2. The highest BCUT2D eigenvalue weighted by molar-refractivity contribution is 9.10. The summed E-state index contributed by atoms with van der Waals surface area (Å²) in [5.74, 6) is 6.62. The van der Waals surface area contributed by atoms with E-state index in [1.54, 1.807) is 6.20 Å². The van der Waals surface area contributed by atoms with Crippen molar-refractivity contribution in [3.63, 3.8) is 0 Å². The van der Waals surface area contributed by atoms with E-state index in [0.29, 0.717) is 11.2 Å². The van der Waals surface area contributed by atoms with E-state index in [1.807, 2.05) is 11.8 Å². The Morgan fingerprint density at radius 3 is 3.06 bits per heavy atom. The monoisotopic (exact) mass is 316 g/mol. The molecule has 94 valence electrons. The van der Waals surface area contributed by atoms with Crippen molar-refractivity contribution >= 4 is 33.6 Å². The first kappa shape index (κ1) is 13.1. The number of nitrogens with one attached hydrogen (secondary N) is 1. The Morgan fingerprint density at radius 1 is 1.53 bits per heavy atom. The van der Waals surface area contributed by atoms with Crippen LogP contribution < -0.4 is 11.3 Å². The number of hydrogen-bond acceptors (Lipinski definition) is 5. The predicted molar refractivity (Wildman–Crippen MR) is 74.8 cm³/mol. The van der Waals surface area contributed by atoms with Crippen LogP contribution >= 0.6 is 27.7 Å². The molecule has 0 spiro atoms. The molecule has 1 saturated carbocycles. The van der Waals surface area contributed by atoms with Crippen LogP contribution in [-0.4, -0.2) is 15.2 Å². The van der Waals surface area contributed by atoms with Gasteiger partial charge in [0.2, 0.25) is 5.95 Å². The summed E-state index contributed by atoms with van der Waals surface area (Å²) in [4.78, 5) is 8.44. The molecule has 3 N–H and O–H groups in total. The molecule has 0 aliphatic heterocycles. The molecule has 0 bridgehead atoms. The first-order chi connectivity index (χ1) is 8.19. The quantitative estimate of drug-likeness (QED) is 0.509. The molecule has 0 saturated heterocycles. The maximum absolute atomic E-state index is 5.32. The van der Waals surface area contributed by atoms with Crippen molar-refractivity contribution in [1.29, 1.82) is 0 Å². The van der Waals surface area contributed by atoms with Gasteiger partial charge < -0.3 is 0 Å². The van der Waals surface area contributed by atoms with Crippen molar-refractivity contribution < 1.29 is 0 Å². The molecule has 0 aromatic carbocycles. The van der Waals surface area contributed by atoms with Crippen LogP contribution in [0.5, 0.6) is 0 Å². The third-order valence-electron chi connectivity index (χ3n) is 3.01. The first-order valence-corrected chi connectivity index (χ1v) is 7.52. The maximum atomic E-state index is 5.32. The number of nitrogens with two attached hydrogens (primary N) is 1. The molecule has 17 heavy (non-hydrogen) atoms. The van der Waals surface area contributed by atoms with Gasteiger partial charge in [-0.3, -0.25) is 5.43 Å². The van der Waals surface area contributed by atoms with E-state index >= 15 is 0 Å². The average molecular weight is 317 g/mol. The molecule has 2 atom stereocenters. The van der Waals surface area contributed by atoms with Crippen LogP contribution in [0.3, 0.4) is 0 Å². The van der Waals surface area contributed by atoms with Crippen molar-refractivity contribution in [2.45, 2.75) is 42.9 Å². The van der Waals surface area contributed by atoms with Crippen molar-refractivity contribution in [2.24, 2.45) is 11.8 Å². The number of nitrogens with zero attached hydrogens (tertiary/aromatic N) is 2. The summed E-state index contributed by atoms with van der Waals surface area (Å²) in [7, 11) is 0. The van der Waals surface area contributed by atoms with Gasteiger partial charge in [-0.1, -0.05) is 19.8 Å². The van der Waals surface area contributed by atoms with Crippen LogP contribution in [0.4, 0.5) is 5.95 Å². The fourth-order valence-corrected chi connectivity index (χ4v) is 3.95. The van der Waals surface area contributed by atoms with Crippen molar-refractivity contribution in [3.8, 4) is 0 Å². The largest absolute Gasteiger partial charge is 0.292 e. The van der Waals surface area contributed by atoms with Gasteiger partial charge in [0.15, 0.2) is 0 Å². The van der Waals surface area contributed by atoms with E-state index in [1.165, 1.54) is 25.7 Å². The summed E-state index contributed by atoms with van der Waals surface area (Å²) in [6.45, 7) is 2.33. The fourth-order valence-electron chi connectivity index (χ4n) is 2.15. The summed E-state index contributed by atoms with van der Waals surface area (Å²) in [5, 5.41) is 1.64. The molecule has 6 heteroatoms. The SMILES string of the molecule is CC1CCCC(Sc2nc(NN)ncc2Br)C1. The van der Waals surface area contributed by atoms with Gasteiger partial charge in [0.1, 0.15) is 5.03 Å². The molecule has 4 nitrogen and oxygen atoms in total. The predicted octanol–water partition coefficient (Wildman–Crippen LogP) is 3.20. The van der Waals surface area contributed by atoms with Crippen molar-refractivity contribution in [3.05, 3.63) is 10.7 Å². The number of anilines is 1. The molecule has 1 heterocycles. The average Bonchev–Trinajstić information content (AvgIpc) is 2.32. The molecule has 1 fully saturated rings. The van der Waals surface area contributed by atoms with Crippen LogP contribution in [0.1, 0.15) is 32.6 Å². The normalized spacial score (nSPS) is 24.6. The molecular weight excluding hydrogens is 300 g/mol. The van der Waals surface area contributed by atoms with E-state index < -0.39 is 0 Å². The van der Waals surface area contributed by atoms with Crippen LogP contribution in [0, 0.1) is 5.92 Å². The lowest BCUT2D eigenvalue weighted by Gasteiger charge is -2.26. The summed E-state index contributed by atoms with van der Waals surface area (Å²) in [5.41, 5.74) is 2.48. The van der Waals surface area contributed by atoms with Gasteiger partial charge >= 0.3 is 0 Å². The minimum Gasteiger partial charge on any atom is -0.292 e. The Hall–Kier alpha value is -0.330. The van der Waals surface area contributed by atoms with Gasteiger partial charge in [0, 0.05) is 11.4 Å². The summed E-state index contributed by atoms with van der Waals surface area (Å²) < 4.78 is 0.944. The van der Waals surface area contributed by atoms with Gasteiger partial charge in [-0.05, 0) is 34.7 Å². The van der Waals surface area contributed by atoms with Crippen LogP contribution in [0.25, 0.3) is 0 Å². The summed E-state index contributed by atoms with van der Waals surface area (Å²) in [6, 6.07) is 0. The van der Waals surface area contributed by atoms with Gasteiger partial charge in [0.25, 0.3) is 0 Å². The van der Waals surface area contributed by atoms with E-state index in [0.717, 1.165) is 15.4 Å². The Kier molecular flexibility index (Phi) is 4.64. The fraction of sp³-hybridized carbons (Fsp3) is 0.636. The van der Waals surface area contributed by atoms with E-state index in [9.17, 15) is 0 Å². The lowest BCUT2D eigenvalue weighted by Crippen LogP contribution is -2.16. The highest BCUT2D eigenvalue weighted by Gasteiger charge is 2.21. The highest BCUT2D eigenvalue weighted by Crippen LogP contribution is 2.37. The topological polar surface area (TPSA) is 63.8 Å². The number of hydrazine groups is 1. The second-order valence-corrected chi connectivity index (χ2v) is 6.65. The molecular formula is C11H17BrN4S. The van der Waals surface area contributed by atoms with Crippen LogP contribution in [0.15, 0.2) is 15.7 Å². The smallest absolute Gasteiger partial charge is 0.238 e. The lowest BCUT2D eigenvalue weighted by molar-refractivity contribution is 0.394. The van der Waals surface area contributed by atoms with Gasteiger partial charge in [-0.25, -0.2) is 15.8 Å². The van der Waals surface area contributed by atoms with Gasteiger partial charge in [-0.2, -0.15) is 0 Å². The third-order valence-corrected chi connectivity index (χ3v) is 5.15. The number of hydrogen-bond donors (Lipinski definition) is 2. The molecule has 0 amide bonds. The molecule has 1 aromatic heterocycles. The van der Waals surface area contributed by atoms with Crippen molar-refractivity contribution in [1.82, 2.24) is 9.97 Å². The minimum atomic E-state index is 0.472. The molecule has 2 unspecified atom stereocenters. The Bertz CT molecular complexity index is 388. The Labute approximate surface area is 114 Å². The molecule has 1 aromatic rings. The second-order valence-electron chi connectivity index (χ2n) is 4.50. The Morgan fingerprint density at radius 2 is 2.35 bits per heavy atom. The number of aromatic nitrogens is 2. The first-order valence-electron chi connectivity index (χ1n) is 5.85. The summed E-state index contributed by atoms with van der Waals surface area (Å²) >= 11 is 5.32. The molecule has 0 radical (unpaired) electrons. The Balaban J connectivity index is 2.06. The van der Waals surface area contributed by atoms with Gasteiger partial charge in [-0.15, -0.1) is 11.8 Å². The molecule has 1 aliphatic rings. The molecule has 1 aliphatic carbocycles. The van der Waals surface area contributed by atoms with Gasteiger partial charge in [0.05, 0.1) is 4.47 Å². The maximum Gasteiger partial charge on any atom is 0.238 e. The number of halogens is 1. The highest BCUT2D eigenvalue weighted by atomic mass is 79.9. The second kappa shape index (κ2) is 6.02. The van der Waals surface area contributed by atoms with Crippen LogP contribution in [0.2, 0.25) is 0 Å². The third kappa shape index (κ3) is 3.56. The number of thioether (sulfide) groups is 1. The minimum absolute atomic E-state index is 0.472. The van der Waals surface area contributed by atoms with E-state index in [2.05, 4.69) is 38.2 Å². The zero-order valence-electron chi connectivity index (χ0n) is 9.82. The lowest BCUT2D eigenvalue weighted by atomic mass is 9.91.